The molecule has 0 bridgehead atoms. The molecule has 0 amide bonds. The molecule has 0 aliphatic carbocycles. The Bertz CT molecular complexity index is 208. The van der Waals surface area contributed by atoms with Crippen molar-refractivity contribution in [2.24, 2.45) is 0 Å². The van der Waals surface area contributed by atoms with E-state index in [4.69, 9.17) is 9.47 Å². The summed E-state index contributed by atoms with van der Waals surface area (Å²) in [4.78, 5) is 21.5. The lowest BCUT2D eigenvalue weighted by molar-refractivity contribution is -0.143. The van der Waals surface area contributed by atoms with Gasteiger partial charge in [0.1, 0.15) is 12.4 Å². The maximum atomic E-state index is 10.9. The van der Waals surface area contributed by atoms with E-state index >= 15 is 0 Å². The minimum absolute atomic E-state index is 0.0778. The van der Waals surface area contributed by atoms with E-state index in [1.54, 1.807) is 19.3 Å². The third-order valence-corrected chi connectivity index (χ3v) is 1.41. The smallest absolute Gasteiger partial charge is 0.309 e. The molecule has 0 rings (SSSR count). The van der Waals surface area contributed by atoms with Gasteiger partial charge in [-0.15, -0.1) is 0 Å². The second-order valence-electron chi connectivity index (χ2n) is 2.79. The van der Waals surface area contributed by atoms with E-state index in [0.717, 1.165) is 0 Å². The van der Waals surface area contributed by atoms with Gasteiger partial charge in [0.25, 0.3) is 0 Å². The van der Waals surface area contributed by atoms with Gasteiger partial charge in [-0.25, -0.2) is 0 Å². The number of Topliss-reactive ketones (excluding diaryl/α,β-unsaturated/α-hetero) is 1. The van der Waals surface area contributed by atoms with Gasteiger partial charge in [-0.3, -0.25) is 9.59 Å². The molecule has 0 radical (unpaired) electrons. The lowest BCUT2D eigenvalue weighted by Gasteiger charge is -2.00. The van der Waals surface area contributed by atoms with Crippen molar-refractivity contribution in [1.82, 2.24) is 0 Å². The van der Waals surface area contributed by atoms with E-state index in [1.165, 1.54) is 6.92 Å². The molecule has 0 aromatic heterocycles. The van der Waals surface area contributed by atoms with E-state index in [9.17, 15) is 9.59 Å². The van der Waals surface area contributed by atoms with Gasteiger partial charge < -0.3 is 9.47 Å². The van der Waals surface area contributed by atoms with Crippen LogP contribution in [-0.2, 0) is 19.1 Å². The van der Waals surface area contributed by atoms with Gasteiger partial charge in [-0.2, -0.15) is 0 Å². The minimum Gasteiger partial charge on any atom is -0.463 e. The van der Waals surface area contributed by atoms with Crippen LogP contribution < -0.4 is 0 Å². The summed E-state index contributed by atoms with van der Waals surface area (Å²) in [5.41, 5.74) is 0. The Morgan fingerprint density at radius 1 is 1.14 bits per heavy atom. The highest BCUT2D eigenvalue weighted by Crippen LogP contribution is 1.91. The third kappa shape index (κ3) is 8.93. The van der Waals surface area contributed by atoms with E-state index in [-0.39, 0.29) is 24.8 Å². The summed E-state index contributed by atoms with van der Waals surface area (Å²) < 4.78 is 9.50. The van der Waals surface area contributed by atoms with Gasteiger partial charge in [-0.05, 0) is 6.92 Å². The van der Waals surface area contributed by atoms with E-state index in [0.29, 0.717) is 13.0 Å². The van der Waals surface area contributed by atoms with Crippen LogP contribution in [0.4, 0.5) is 0 Å². The van der Waals surface area contributed by atoms with Crippen molar-refractivity contribution in [2.75, 3.05) is 20.3 Å². The number of hydrogen-bond donors (Lipinski definition) is 0. The highest BCUT2D eigenvalue weighted by Gasteiger charge is 1.98. The lowest BCUT2D eigenvalue weighted by atomic mass is 10.3. The number of methoxy groups -OCH3 is 1. The summed E-state index contributed by atoms with van der Waals surface area (Å²) in [5, 5.41) is 0. The van der Waals surface area contributed by atoms with Crippen LogP contribution in [0.25, 0.3) is 0 Å². The predicted molar refractivity (Wildman–Crippen MR) is 51.9 cm³/mol. The zero-order chi connectivity index (χ0) is 10.8. The Balaban J connectivity index is 3.43. The second kappa shape index (κ2) is 8.44. The minimum atomic E-state index is -0.304. The van der Waals surface area contributed by atoms with Crippen LogP contribution in [0.3, 0.4) is 0 Å². The van der Waals surface area contributed by atoms with Crippen LogP contribution in [-0.4, -0.2) is 32.1 Å². The molecule has 4 nitrogen and oxygen atoms in total. The van der Waals surface area contributed by atoms with Crippen molar-refractivity contribution in [3.8, 4) is 0 Å². The molecule has 0 unspecified atom stereocenters. The molecule has 0 atom stereocenters. The normalized spacial score (nSPS) is 10.4. The van der Waals surface area contributed by atoms with Crippen LogP contribution in [0.2, 0.25) is 0 Å². The zero-order valence-electron chi connectivity index (χ0n) is 8.62. The number of esters is 1. The van der Waals surface area contributed by atoms with Gasteiger partial charge in [0.15, 0.2) is 0 Å². The molecule has 0 N–H and O–H groups in total. The Labute approximate surface area is 83.9 Å². The number of ketones is 1. The fraction of sp³-hybridized carbons (Fsp3) is 0.600. The monoisotopic (exact) mass is 200 g/mol. The van der Waals surface area contributed by atoms with Crippen molar-refractivity contribution in [3.05, 3.63) is 12.2 Å². The summed E-state index contributed by atoms with van der Waals surface area (Å²) in [7, 11) is 1.54. The average Bonchev–Trinajstić information content (AvgIpc) is 2.13. The van der Waals surface area contributed by atoms with Gasteiger partial charge in [-0.1, -0.05) is 12.2 Å². The van der Waals surface area contributed by atoms with Crippen LogP contribution in [0.5, 0.6) is 0 Å². The standard InChI is InChI=1S/C10H16O4/c1-9(11)5-3-4-6-10(12)14-8-7-13-2/h3-4H,5-8H2,1-2H3/b4-3+. The lowest BCUT2D eigenvalue weighted by Crippen LogP contribution is -2.08. The van der Waals surface area contributed by atoms with Crippen LogP contribution >= 0.6 is 0 Å². The molecule has 0 aromatic rings. The number of carbonyl (C=O) groups is 2. The number of rotatable bonds is 7. The molecular formula is C10H16O4. The number of allylic oxidation sites excluding steroid dienone is 1. The summed E-state index contributed by atoms with van der Waals surface area (Å²) in [6.07, 6.45) is 3.87. The molecule has 0 spiro atoms. The molecule has 0 aliphatic rings. The Kier molecular flexibility index (Phi) is 7.74. The summed E-state index contributed by atoms with van der Waals surface area (Å²) in [5.74, 6) is -0.226. The highest BCUT2D eigenvalue weighted by atomic mass is 16.6. The van der Waals surface area contributed by atoms with Crippen molar-refractivity contribution in [3.63, 3.8) is 0 Å². The quantitative estimate of drug-likeness (QED) is 0.351. The Morgan fingerprint density at radius 3 is 2.36 bits per heavy atom. The summed E-state index contributed by atoms with van der Waals surface area (Å²) >= 11 is 0. The first kappa shape index (κ1) is 12.8. The van der Waals surface area contributed by atoms with Crippen LogP contribution in [0.15, 0.2) is 12.2 Å². The number of hydrogen-bond acceptors (Lipinski definition) is 4. The predicted octanol–water partition coefficient (Wildman–Crippen LogP) is 1.10. The molecule has 0 saturated heterocycles. The molecule has 0 aliphatic heterocycles. The summed E-state index contributed by atoms with van der Waals surface area (Å²) in [6, 6.07) is 0. The number of carbonyl (C=O) groups excluding carboxylic acids is 2. The SMILES string of the molecule is COCCOC(=O)C/C=C/CC(C)=O. The van der Waals surface area contributed by atoms with Gasteiger partial charge in [0, 0.05) is 13.5 Å². The largest absolute Gasteiger partial charge is 0.463 e. The van der Waals surface area contributed by atoms with Gasteiger partial charge in [0.05, 0.1) is 13.0 Å². The molecule has 0 aromatic carbocycles. The molecule has 4 heteroatoms. The van der Waals surface area contributed by atoms with E-state index in [1.807, 2.05) is 0 Å². The highest BCUT2D eigenvalue weighted by molar-refractivity contribution is 5.77. The maximum Gasteiger partial charge on any atom is 0.309 e. The zero-order valence-corrected chi connectivity index (χ0v) is 8.62. The van der Waals surface area contributed by atoms with E-state index in [2.05, 4.69) is 0 Å². The first-order chi connectivity index (χ1) is 6.66. The van der Waals surface area contributed by atoms with Crippen molar-refractivity contribution < 1.29 is 19.1 Å². The van der Waals surface area contributed by atoms with Crippen molar-refractivity contribution >= 4 is 11.8 Å². The molecule has 14 heavy (non-hydrogen) atoms. The Hall–Kier alpha value is -1.16. The van der Waals surface area contributed by atoms with Crippen molar-refractivity contribution in [1.29, 1.82) is 0 Å². The molecule has 0 saturated carbocycles. The molecule has 80 valence electrons. The van der Waals surface area contributed by atoms with Gasteiger partial charge in [0.2, 0.25) is 0 Å². The van der Waals surface area contributed by atoms with Crippen LogP contribution in [0, 0.1) is 0 Å². The van der Waals surface area contributed by atoms with E-state index < -0.39 is 0 Å². The second-order valence-corrected chi connectivity index (χ2v) is 2.79. The first-order valence-electron chi connectivity index (χ1n) is 4.45. The van der Waals surface area contributed by atoms with Crippen molar-refractivity contribution in [2.45, 2.75) is 19.8 Å². The molecular weight excluding hydrogens is 184 g/mol. The topological polar surface area (TPSA) is 52.6 Å². The fourth-order valence-electron chi connectivity index (χ4n) is 0.727. The first-order valence-corrected chi connectivity index (χ1v) is 4.45. The fourth-order valence-corrected chi connectivity index (χ4v) is 0.727. The Morgan fingerprint density at radius 2 is 1.79 bits per heavy atom. The molecule has 0 fully saturated rings. The summed E-state index contributed by atoms with van der Waals surface area (Å²) in [6.45, 7) is 2.18. The van der Waals surface area contributed by atoms with Gasteiger partial charge >= 0.3 is 5.97 Å². The maximum absolute atomic E-state index is 10.9. The molecule has 0 heterocycles. The van der Waals surface area contributed by atoms with Crippen LogP contribution in [0.1, 0.15) is 19.8 Å². The average molecular weight is 200 g/mol. The third-order valence-electron chi connectivity index (χ3n) is 1.41. The number of ether oxygens (including phenoxy) is 2.